The number of aldehydes is 1. The van der Waals surface area contributed by atoms with Crippen LogP contribution in [0.25, 0.3) is 16.8 Å². The van der Waals surface area contributed by atoms with E-state index in [1.54, 1.807) is 13.1 Å². The zero-order valence-corrected chi connectivity index (χ0v) is 21.4. The summed E-state index contributed by atoms with van der Waals surface area (Å²) in [7, 11) is 3.68. The van der Waals surface area contributed by atoms with Gasteiger partial charge in [0.15, 0.2) is 0 Å². The number of fused-ring (bicyclic) bond motifs is 1. The molecule has 0 aliphatic rings. The van der Waals surface area contributed by atoms with Gasteiger partial charge in [0, 0.05) is 25.2 Å². The summed E-state index contributed by atoms with van der Waals surface area (Å²) in [5, 5.41) is 8.55. The van der Waals surface area contributed by atoms with E-state index in [2.05, 4.69) is 54.1 Å². The average Bonchev–Trinajstić information content (AvgIpc) is 2.80. The van der Waals surface area contributed by atoms with Crippen molar-refractivity contribution in [2.24, 2.45) is 0 Å². The van der Waals surface area contributed by atoms with Crippen molar-refractivity contribution in [3.63, 3.8) is 0 Å². The van der Waals surface area contributed by atoms with E-state index in [1.165, 1.54) is 17.7 Å². The molecule has 0 fully saturated rings. The molecular weight excluding hydrogens is 425 g/mol. The first kappa shape index (κ1) is 35.0. The van der Waals surface area contributed by atoms with Crippen LogP contribution in [0.1, 0.15) is 59.4 Å². The van der Waals surface area contributed by atoms with Crippen molar-refractivity contribution in [1.29, 1.82) is 0 Å². The predicted molar refractivity (Wildman–Crippen MR) is 141 cm³/mol. The Morgan fingerprint density at radius 3 is 1.85 bits per heavy atom. The second-order valence-electron chi connectivity index (χ2n) is 6.58. The van der Waals surface area contributed by atoms with Gasteiger partial charge in [-0.15, -0.1) is 6.58 Å². The number of anilines is 1. The molecule has 0 saturated carbocycles. The number of hydrogen-bond acceptors (Lipinski definition) is 3. The number of alkyl halides is 3. The lowest BCUT2D eigenvalue weighted by atomic mass is 10.1. The SMILES string of the molecule is C=CC.C=Cc1cc2ccccc2cc1NC.CC.CC=O.CNC(C)CCCC(F)(F)F. The maximum Gasteiger partial charge on any atom is 0.389 e. The molecule has 0 aliphatic heterocycles. The smallest absolute Gasteiger partial charge is 0.388 e. The molecular formula is C27H43F3N2O. The summed E-state index contributed by atoms with van der Waals surface area (Å²) < 4.78 is 34.8. The van der Waals surface area contributed by atoms with Crippen LogP contribution in [0.2, 0.25) is 0 Å². The fraction of sp³-hybridized carbons (Fsp3) is 0.444. The Bertz CT molecular complexity index is 753. The number of carbonyl (C=O) groups is 1. The third-order valence-corrected chi connectivity index (χ3v) is 4.00. The largest absolute Gasteiger partial charge is 0.389 e. The molecule has 0 heterocycles. The maximum absolute atomic E-state index is 11.6. The normalized spacial score (nSPS) is 10.2. The first-order chi connectivity index (χ1) is 15.6. The lowest BCUT2D eigenvalue weighted by molar-refractivity contribution is -0.135. The van der Waals surface area contributed by atoms with Crippen molar-refractivity contribution in [3.8, 4) is 0 Å². The highest BCUT2D eigenvalue weighted by atomic mass is 19.4. The fourth-order valence-corrected chi connectivity index (χ4v) is 2.40. The number of nitrogens with one attached hydrogen (secondary N) is 2. The van der Waals surface area contributed by atoms with Crippen LogP contribution >= 0.6 is 0 Å². The zero-order valence-electron chi connectivity index (χ0n) is 21.4. The van der Waals surface area contributed by atoms with Gasteiger partial charge in [-0.25, -0.2) is 0 Å². The molecule has 33 heavy (non-hydrogen) atoms. The lowest BCUT2D eigenvalue weighted by Gasteiger charge is -2.10. The number of hydrogen-bond donors (Lipinski definition) is 2. The quantitative estimate of drug-likeness (QED) is 0.331. The lowest BCUT2D eigenvalue weighted by Crippen LogP contribution is -2.21. The van der Waals surface area contributed by atoms with Crippen LogP contribution < -0.4 is 10.6 Å². The zero-order chi connectivity index (χ0) is 26.3. The molecule has 1 unspecified atom stereocenters. The topological polar surface area (TPSA) is 41.1 Å². The van der Waals surface area contributed by atoms with Gasteiger partial charge in [0.25, 0.3) is 0 Å². The maximum atomic E-state index is 11.6. The molecule has 0 aromatic heterocycles. The fourth-order valence-electron chi connectivity index (χ4n) is 2.40. The van der Waals surface area contributed by atoms with Gasteiger partial charge >= 0.3 is 6.18 Å². The van der Waals surface area contributed by atoms with Gasteiger partial charge in [-0.1, -0.05) is 56.8 Å². The summed E-state index contributed by atoms with van der Waals surface area (Å²) in [6, 6.07) is 12.8. The summed E-state index contributed by atoms with van der Waals surface area (Å²) in [5.41, 5.74) is 2.27. The van der Waals surface area contributed by atoms with Gasteiger partial charge in [-0.2, -0.15) is 13.2 Å². The van der Waals surface area contributed by atoms with Gasteiger partial charge in [-0.05, 0) is 69.1 Å². The van der Waals surface area contributed by atoms with E-state index in [0.29, 0.717) is 6.42 Å². The molecule has 2 rings (SSSR count). The number of carbonyl (C=O) groups excluding carboxylic acids is 1. The van der Waals surface area contributed by atoms with E-state index >= 15 is 0 Å². The summed E-state index contributed by atoms with van der Waals surface area (Å²) in [6.07, 6.45) is 0.506. The third kappa shape index (κ3) is 19.8. The molecule has 188 valence electrons. The third-order valence-electron chi connectivity index (χ3n) is 4.00. The minimum Gasteiger partial charge on any atom is -0.388 e. The summed E-state index contributed by atoms with van der Waals surface area (Å²) in [5.74, 6) is 0. The van der Waals surface area contributed by atoms with Crippen molar-refractivity contribution in [2.45, 2.75) is 66.1 Å². The number of benzene rings is 2. The molecule has 1 atom stereocenters. The van der Waals surface area contributed by atoms with E-state index < -0.39 is 12.6 Å². The van der Waals surface area contributed by atoms with Crippen molar-refractivity contribution < 1.29 is 18.0 Å². The first-order valence-electron chi connectivity index (χ1n) is 11.2. The van der Waals surface area contributed by atoms with Crippen LogP contribution in [0.4, 0.5) is 18.9 Å². The monoisotopic (exact) mass is 468 g/mol. The molecule has 6 heteroatoms. The van der Waals surface area contributed by atoms with Gasteiger partial charge in [0.1, 0.15) is 6.29 Å². The highest BCUT2D eigenvalue weighted by Gasteiger charge is 2.26. The van der Waals surface area contributed by atoms with E-state index in [4.69, 9.17) is 4.79 Å². The molecule has 0 aliphatic carbocycles. The van der Waals surface area contributed by atoms with Crippen LogP contribution in [0, 0.1) is 0 Å². The molecule has 0 spiro atoms. The van der Waals surface area contributed by atoms with Crippen LogP contribution in [-0.4, -0.2) is 32.6 Å². The second kappa shape index (κ2) is 22.6. The number of rotatable bonds is 6. The summed E-state index contributed by atoms with van der Waals surface area (Å²) >= 11 is 0. The molecule has 2 N–H and O–H groups in total. The first-order valence-corrected chi connectivity index (χ1v) is 11.2. The predicted octanol–water partition coefficient (Wildman–Crippen LogP) is 8.28. The highest BCUT2D eigenvalue weighted by Crippen LogP contribution is 2.24. The Hall–Kier alpha value is -2.60. The van der Waals surface area contributed by atoms with Crippen LogP contribution in [0.5, 0.6) is 0 Å². The average molecular weight is 469 g/mol. The van der Waals surface area contributed by atoms with Crippen molar-refractivity contribution in [3.05, 3.63) is 61.2 Å². The van der Waals surface area contributed by atoms with Crippen LogP contribution in [0.15, 0.2) is 55.6 Å². The number of halogens is 3. The van der Waals surface area contributed by atoms with E-state index in [1.807, 2.05) is 46.9 Å². The van der Waals surface area contributed by atoms with Crippen molar-refractivity contribution >= 4 is 28.8 Å². The van der Waals surface area contributed by atoms with Crippen LogP contribution in [-0.2, 0) is 4.79 Å². The minimum atomic E-state index is -3.99. The Balaban J connectivity index is -0.000000423. The second-order valence-corrected chi connectivity index (χ2v) is 6.58. The van der Waals surface area contributed by atoms with Gasteiger partial charge in [0.05, 0.1) is 0 Å². The van der Waals surface area contributed by atoms with Crippen LogP contribution in [0.3, 0.4) is 0 Å². The molecule has 0 bridgehead atoms. The number of allylic oxidation sites excluding steroid dienone is 1. The van der Waals surface area contributed by atoms with E-state index in [9.17, 15) is 13.2 Å². The molecule has 2 aromatic carbocycles. The Labute approximate surface area is 199 Å². The van der Waals surface area contributed by atoms with Crippen molar-refractivity contribution in [1.82, 2.24) is 5.32 Å². The highest BCUT2D eigenvalue weighted by molar-refractivity contribution is 5.89. The molecule has 3 nitrogen and oxygen atoms in total. The minimum absolute atomic E-state index is 0.178. The molecule has 0 radical (unpaired) electrons. The Kier molecular flexibility index (Phi) is 24.0. The van der Waals surface area contributed by atoms with Gasteiger partial charge in [0.2, 0.25) is 0 Å². The van der Waals surface area contributed by atoms with Crippen molar-refractivity contribution in [2.75, 3.05) is 19.4 Å². The standard InChI is InChI=1S/C13H13N.C7H14F3N.C3H6.C2H4O.C2H6/c1-3-10-8-11-6-4-5-7-12(11)9-13(10)14-2;1-6(11-2)4-3-5-7(8,9)10;1-3-2;1-2-3;1-2/h3-9,14H,1H2,2H3;6,11H,3-5H2,1-2H3;3H,1H2,2H3;2H,1H3;1-2H3. The molecule has 0 amide bonds. The van der Waals surface area contributed by atoms with E-state index in [-0.39, 0.29) is 12.5 Å². The molecule has 0 saturated heterocycles. The van der Waals surface area contributed by atoms with Gasteiger partial charge < -0.3 is 15.4 Å². The summed E-state index contributed by atoms with van der Waals surface area (Å²) in [4.78, 5) is 8.81. The summed E-state index contributed by atoms with van der Waals surface area (Å²) in [6.45, 7) is 16.4. The Morgan fingerprint density at radius 2 is 1.48 bits per heavy atom. The molecule has 2 aromatic rings. The Morgan fingerprint density at radius 1 is 1.03 bits per heavy atom. The van der Waals surface area contributed by atoms with Gasteiger partial charge in [-0.3, -0.25) is 0 Å². The van der Waals surface area contributed by atoms with E-state index in [0.717, 1.165) is 17.5 Å².